The Hall–Kier alpha value is -2.47. The van der Waals surface area contributed by atoms with E-state index in [4.69, 9.17) is 4.74 Å². The Bertz CT molecular complexity index is 899. The molecular formula is C20H26F3N5O3S. The van der Waals surface area contributed by atoms with Gasteiger partial charge in [0.05, 0.1) is 18.5 Å². The zero-order valence-electron chi connectivity index (χ0n) is 18.1. The van der Waals surface area contributed by atoms with Crippen LogP contribution in [0.25, 0.3) is 0 Å². The smallest absolute Gasteiger partial charge is 0.406 e. The van der Waals surface area contributed by atoms with Gasteiger partial charge in [0, 0.05) is 25.3 Å². The third-order valence-corrected chi connectivity index (χ3v) is 5.63. The van der Waals surface area contributed by atoms with Crippen molar-refractivity contribution in [1.82, 2.24) is 14.8 Å². The van der Waals surface area contributed by atoms with Gasteiger partial charge in [-0.3, -0.25) is 9.36 Å². The summed E-state index contributed by atoms with van der Waals surface area (Å²) < 4.78 is 48.1. The van der Waals surface area contributed by atoms with Gasteiger partial charge in [0.25, 0.3) is 0 Å². The summed E-state index contributed by atoms with van der Waals surface area (Å²) in [5.74, 6) is 0.464. The van der Waals surface area contributed by atoms with E-state index in [1.54, 1.807) is 6.92 Å². The first-order valence-electron chi connectivity index (χ1n) is 10.2. The van der Waals surface area contributed by atoms with Crippen LogP contribution in [0.2, 0.25) is 0 Å². The highest BCUT2D eigenvalue weighted by molar-refractivity contribution is 8.00. The second-order valence-electron chi connectivity index (χ2n) is 7.71. The molecular weight excluding hydrogens is 447 g/mol. The number of aromatic nitrogens is 3. The molecule has 0 radical (unpaired) electrons. The van der Waals surface area contributed by atoms with Gasteiger partial charge in [0.1, 0.15) is 5.75 Å². The number of alkyl halides is 3. The number of thioether (sulfide) groups is 1. The van der Waals surface area contributed by atoms with Gasteiger partial charge in [0.2, 0.25) is 11.9 Å². The lowest BCUT2D eigenvalue weighted by Gasteiger charge is -2.28. The van der Waals surface area contributed by atoms with E-state index in [1.807, 2.05) is 4.57 Å². The van der Waals surface area contributed by atoms with Gasteiger partial charge in [0.15, 0.2) is 5.16 Å². The molecule has 0 bridgehead atoms. The number of carbonyl (C=O) groups excluding carboxylic acids is 1. The normalized spacial score (nSPS) is 15.7. The SMILES string of the molecule is CC(C)Cn1c(SC(C)C(=O)Nc2ccc(OC(F)(F)F)cc2)nnc1N1CCOCC1. The molecule has 0 saturated carbocycles. The van der Waals surface area contributed by atoms with Crippen molar-refractivity contribution >= 4 is 29.3 Å². The molecule has 1 aromatic carbocycles. The van der Waals surface area contributed by atoms with Crippen LogP contribution >= 0.6 is 11.8 Å². The summed E-state index contributed by atoms with van der Waals surface area (Å²) in [4.78, 5) is 14.8. The van der Waals surface area contributed by atoms with Crippen LogP contribution in [-0.4, -0.2) is 58.6 Å². The minimum Gasteiger partial charge on any atom is -0.406 e. The van der Waals surface area contributed by atoms with Crippen molar-refractivity contribution in [3.63, 3.8) is 0 Å². The first kappa shape index (κ1) is 24.2. The number of nitrogens with one attached hydrogen (secondary N) is 1. The first-order chi connectivity index (χ1) is 15.1. The van der Waals surface area contributed by atoms with Crippen molar-refractivity contribution in [3.8, 4) is 5.75 Å². The average molecular weight is 474 g/mol. The maximum atomic E-state index is 12.6. The zero-order chi connectivity index (χ0) is 23.3. The standard InChI is InChI=1S/C20H26F3N5O3S/c1-13(2)12-28-18(27-8-10-30-11-9-27)25-26-19(28)32-14(3)17(29)24-15-4-6-16(7-5-15)31-20(21,22)23/h4-7,13-14H,8-12H2,1-3H3,(H,24,29). The fourth-order valence-corrected chi connectivity index (χ4v) is 3.94. The van der Waals surface area contributed by atoms with Crippen LogP contribution in [0, 0.1) is 5.92 Å². The van der Waals surface area contributed by atoms with Crippen molar-refractivity contribution < 1.29 is 27.4 Å². The fourth-order valence-electron chi connectivity index (χ4n) is 3.09. The Morgan fingerprint density at radius 3 is 2.44 bits per heavy atom. The number of ether oxygens (including phenoxy) is 2. The van der Waals surface area contributed by atoms with Crippen LogP contribution in [0.5, 0.6) is 5.75 Å². The Morgan fingerprint density at radius 1 is 1.19 bits per heavy atom. The number of carbonyl (C=O) groups is 1. The first-order valence-corrected chi connectivity index (χ1v) is 11.1. The number of hydrogen-bond donors (Lipinski definition) is 1. The monoisotopic (exact) mass is 473 g/mol. The summed E-state index contributed by atoms with van der Waals surface area (Å²) in [6.07, 6.45) is -4.76. The van der Waals surface area contributed by atoms with Gasteiger partial charge in [-0.15, -0.1) is 23.4 Å². The van der Waals surface area contributed by atoms with Crippen LogP contribution in [0.3, 0.4) is 0 Å². The summed E-state index contributed by atoms with van der Waals surface area (Å²) in [6, 6.07) is 5.01. The molecule has 12 heteroatoms. The van der Waals surface area contributed by atoms with Crippen molar-refractivity contribution in [1.29, 1.82) is 0 Å². The van der Waals surface area contributed by atoms with Crippen molar-refractivity contribution in [2.45, 2.75) is 44.1 Å². The van der Waals surface area contributed by atoms with Gasteiger partial charge in [-0.05, 0) is 37.1 Å². The molecule has 1 atom stereocenters. The fraction of sp³-hybridized carbons (Fsp3) is 0.550. The lowest BCUT2D eigenvalue weighted by Crippen LogP contribution is -2.38. The molecule has 0 aliphatic carbocycles. The number of nitrogens with zero attached hydrogens (tertiary/aromatic N) is 4. The van der Waals surface area contributed by atoms with Crippen LogP contribution in [0.4, 0.5) is 24.8 Å². The van der Waals surface area contributed by atoms with Gasteiger partial charge >= 0.3 is 6.36 Å². The van der Waals surface area contributed by atoms with Crippen molar-refractivity contribution in [2.24, 2.45) is 5.92 Å². The molecule has 8 nitrogen and oxygen atoms in total. The summed E-state index contributed by atoms with van der Waals surface area (Å²) in [5, 5.41) is 11.5. The topological polar surface area (TPSA) is 81.5 Å². The van der Waals surface area contributed by atoms with E-state index in [2.05, 4.69) is 39.0 Å². The Labute approximate surface area is 188 Å². The number of anilines is 2. The van der Waals surface area contributed by atoms with Crippen LogP contribution in [0.15, 0.2) is 29.4 Å². The highest BCUT2D eigenvalue weighted by Gasteiger charge is 2.31. The Morgan fingerprint density at radius 2 is 1.84 bits per heavy atom. The molecule has 1 amide bonds. The summed E-state index contributed by atoms with van der Waals surface area (Å²) >= 11 is 1.28. The highest BCUT2D eigenvalue weighted by atomic mass is 32.2. The van der Waals surface area contributed by atoms with Gasteiger partial charge in [-0.25, -0.2) is 0 Å². The minimum absolute atomic E-state index is 0.300. The Balaban J connectivity index is 1.66. The van der Waals surface area contributed by atoms with Gasteiger partial charge < -0.3 is 19.7 Å². The summed E-state index contributed by atoms with van der Waals surface area (Å²) in [7, 11) is 0. The third kappa shape index (κ3) is 6.76. The number of hydrogen-bond acceptors (Lipinski definition) is 7. The maximum absolute atomic E-state index is 12.6. The second-order valence-corrected chi connectivity index (χ2v) is 9.02. The molecule has 0 spiro atoms. The average Bonchev–Trinajstić information content (AvgIpc) is 3.10. The van der Waals surface area contributed by atoms with Crippen LogP contribution < -0.4 is 15.0 Å². The van der Waals surface area contributed by atoms with E-state index in [1.165, 1.54) is 23.9 Å². The van der Waals surface area contributed by atoms with E-state index < -0.39 is 11.6 Å². The maximum Gasteiger partial charge on any atom is 0.573 e. The zero-order valence-corrected chi connectivity index (χ0v) is 18.9. The van der Waals surface area contributed by atoms with E-state index in [0.29, 0.717) is 36.5 Å². The Kier molecular flexibility index (Phi) is 7.88. The largest absolute Gasteiger partial charge is 0.573 e. The summed E-state index contributed by atoms with van der Waals surface area (Å²) in [5.41, 5.74) is 0.370. The molecule has 3 rings (SSSR count). The van der Waals surface area contributed by atoms with E-state index >= 15 is 0 Å². The molecule has 2 heterocycles. The quantitative estimate of drug-likeness (QED) is 0.584. The number of benzene rings is 1. The predicted octanol–water partition coefficient (Wildman–Crippen LogP) is 3.79. The highest BCUT2D eigenvalue weighted by Crippen LogP contribution is 2.28. The van der Waals surface area contributed by atoms with Crippen molar-refractivity contribution in [2.75, 3.05) is 36.5 Å². The molecule has 1 aliphatic rings. The van der Waals surface area contributed by atoms with E-state index in [0.717, 1.165) is 31.2 Å². The van der Waals surface area contributed by atoms with Crippen LogP contribution in [0.1, 0.15) is 20.8 Å². The van der Waals surface area contributed by atoms with Crippen molar-refractivity contribution in [3.05, 3.63) is 24.3 Å². The lowest BCUT2D eigenvalue weighted by atomic mass is 10.2. The van der Waals surface area contributed by atoms with Gasteiger partial charge in [-0.2, -0.15) is 0 Å². The molecule has 1 N–H and O–H groups in total. The molecule has 1 unspecified atom stereocenters. The van der Waals surface area contributed by atoms with Gasteiger partial charge in [-0.1, -0.05) is 25.6 Å². The second kappa shape index (κ2) is 10.4. The van der Waals surface area contributed by atoms with E-state index in [9.17, 15) is 18.0 Å². The molecule has 32 heavy (non-hydrogen) atoms. The molecule has 1 saturated heterocycles. The number of halogens is 3. The third-order valence-electron chi connectivity index (χ3n) is 4.55. The molecule has 2 aromatic rings. The lowest BCUT2D eigenvalue weighted by molar-refractivity contribution is -0.274. The number of amides is 1. The molecule has 1 fully saturated rings. The molecule has 1 aromatic heterocycles. The molecule has 1 aliphatic heterocycles. The minimum atomic E-state index is -4.76. The van der Waals surface area contributed by atoms with E-state index in [-0.39, 0.29) is 11.7 Å². The summed E-state index contributed by atoms with van der Waals surface area (Å²) in [6.45, 7) is 9.35. The molecule has 176 valence electrons. The number of morpholine rings is 1. The number of rotatable bonds is 8. The van der Waals surface area contributed by atoms with Crippen LogP contribution in [-0.2, 0) is 16.1 Å². The predicted molar refractivity (Wildman–Crippen MR) is 115 cm³/mol.